The standard InChI is InChI=1S/C18H14N2O6/c1-10(21)20-26-18(24)14(13-5-3-2-4-11(13)8-19)9-25-16-7-12(22)6-15(23)17(16)18/h2-7,9,22-24H,1H3,(H,20,21). The van der Waals surface area contributed by atoms with Crippen LogP contribution in [0.3, 0.4) is 0 Å². The van der Waals surface area contributed by atoms with Crippen molar-refractivity contribution in [2.75, 3.05) is 0 Å². The fourth-order valence-electron chi connectivity index (χ4n) is 2.67. The van der Waals surface area contributed by atoms with Gasteiger partial charge in [0.1, 0.15) is 29.1 Å². The zero-order chi connectivity index (χ0) is 18.9. The van der Waals surface area contributed by atoms with Crippen LogP contribution in [0.4, 0.5) is 0 Å². The Bertz CT molecular complexity index is 963. The molecule has 2 aromatic rings. The molecule has 8 nitrogen and oxygen atoms in total. The van der Waals surface area contributed by atoms with Gasteiger partial charge in [0.05, 0.1) is 17.2 Å². The number of carbonyl (C=O) groups is 1. The third-order valence-corrected chi connectivity index (χ3v) is 3.75. The zero-order valence-corrected chi connectivity index (χ0v) is 13.6. The summed E-state index contributed by atoms with van der Waals surface area (Å²) >= 11 is 0. The van der Waals surface area contributed by atoms with Crippen molar-refractivity contribution in [1.82, 2.24) is 5.48 Å². The molecule has 132 valence electrons. The molecule has 0 bridgehead atoms. The predicted octanol–water partition coefficient (Wildman–Crippen LogP) is 1.62. The van der Waals surface area contributed by atoms with Gasteiger partial charge in [-0.05, 0) is 6.07 Å². The predicted molar refractivity (Wildman–Crippen MR) is 88.3 cm³/mol. The quantitative estimate of drug-likeness (QED) is 0.486. The van der Waals surface area contributed by atoms with E-state index in [1.54, 1.807) is 18.2 Å². The maximum Gasteiger partial charge on any atom is 0.254 e. The van der Waals surface area contributed by atoms with Gasteiger partial charge in [0.15, 0.2) is 0 Å². The smallest absolute Gasteiger partial charge is 0.254 e. The van der Waals surface area contributed by atoms with Crippen molar-refractivity contribution in [2.45, 2.75) is 12.7 Å². The molecule has 8 heteroatoms. The summed E-state index contributed by atoms with van der Waals surface area (Å²) in [6.07, 6.45) is 1.12. The van der Waals surface area contributed by atoms with E-state index in [0.717, 1.165) is 12.3 Å². The van der Waals surface area contributed by atoms with Gasteiger partial charge in [-0.1, -0.05) is 18.2 Å². The highest BCUT2D eigenvalue weighted by atomic mass is 16.7. The van der Waals surface area contributed by atoms with Crippen LogP contribution < -0.4 is 10.2 Å². The topological polar surface area (TPSA) is 132 Å². The number of phenols is 2. The minimum Gasteiger partial charge on any atom is -0.508 e. The number of nitrogens with zero attached hydrogens (tertiary/aromatic N) is 1. The summed E-state index contributed by atoms with van der Waals surface area (Å²) in [5.74, 6) is -3.86. The number of benzene rings is 2. The van der Waals surface area contributed by atoms with Crippen LogP contribution in [0.15, 0.2) is 42.7 Å². The molecule has 0 fully saturated rings. The van der Waals surface area contributed by atoms with Crippen LogP contribution in [0.25, 0.3) is 5.57 Å². The minimum atomic E-state index is -2.37. The van der Waals surface area contributed by atoms with Gasteiger partial charge in [0.25, 0.3) is 5.79 Å². The molecule has 1 atom stereocenters. The average molecular weight is 354 g/mol. The SMILES string of the molecule is CC(=O)NOC1(O)C(c2ccccc2C#N)=COc2cc(O)cc(O)c21. The molecule has 1 unspecified atom stereocenters. The molecule has 4 N–H and O–H groups in total. The average Bonchev–Trinajstić information content (AvgIpc) is 2.59. The van der Waals surface area contributed by atoms with Gasteiger partial charge in [-0.2, -0.15) is 5.26 Å². The number of fused-ring (bicyclic) bond motifs is 1. The lowest BCUT2D eigenvalue weighted by Gasteiger charge is -2.34. The zero-order valence-electron chi connectivity index (χ0n) is 13.6. The number of rotatable bonds is 3. The normalized spacial score (nSPS) is 18.1. The van der Waals surface area contributed by atoms with Crippen LogP contribution in [0.2, 0.25) is 0 Å². The van der Waals surface area contributed by atoms with Crippen molar-refractivity contribution >= 4 is 11.5 Å². The number of hydroxylamine groups is 1. The van der Waals surface area contributed by atoms with Crippen molar-refractivity contribution in [3.8, 4) is 23.3 Å². The second-order valence-electron chi connectivity index (χ2n) is 5.55. The number of amides is 1. The summed E-state index contributed by atoms with van der Waals surface area (Å²) in [7, 11) is 0. The first-order valence-electron chi connectivity index (χ1n) is 7.47. The van der Waals surface area contributed by atoms with Crippen molar-refractivity contribution in [1.29, 1.82) is 5.26 Å². The number of phenolic OH excluding ortho intramolecular Hbond substituents is 2. The largest absolute Gasteiger partial charge is 0.508 e. The van der Waals surface area contributed by atoms with E-state index >= 15 is 0 Å². The van der Waals surface area contributed by atoms with Gasteiger partial charge in [0.2, 0.25) is 5.91 Å². The Morgan fingerprint density at radius 3 is 2.73 bits per heavy atom. The number of aromatic hydroxyl groups is 2. The summed E-state index contributed by atoms with van der Waals surface area (Å²) in [5, 5.41) is 40.4. The number of nitriles is 1. The Balaban J connectivity index is 2.23. The molecule has 3 rings (SSSR count). The van der Waals surface area contributed by atoms with E-state index in [9.17, 15) is 25.4 Å². The minimum absolute atomic E-state index is 0.0168. The van der Waals surface area contributed by atoms with Gasteiger partial charge < -0.3 is 20.1 Å². The first kappa shape index (κ1) is 17.3. The fourth-order valence-corrected chi connectivity index (χ4v) is 2.67. The molecule has 0 saturated carbocycles. The molecule has 1 amide bonds. The van der Waals surface area contributed by atoms with Crippen LogP contribution in [0, 0.1) is 11.3 Å². The molecular formula is C18H14N2O6. The first-order valence-corrected chi connectivity index (χ1v) is 7.47. The Morgan fingerprint density at radius 2 is 2.04 bits per heavy atom. The van der Waals surface area contributed by atoms with Crippen LogP contribution >= 0.6 is 0 Å². The van der Waals surface area contributed by atoms with Gasteiger partial charge in [-0.3, -0.25) is 4.79 Å². The Hall–Kier alpha value is -3.54. The van der Waals surface area contributed by atoms with Crippen molar-refractivity contribution in [2.24, 2.45) is 0 Å². The number of carbonyl (C=O) groups excluding carboxylic acids is 1. The first-order chi connectivity index (χ1) is 12.4. The third kappa shape index (κ3) is 2.82. The van der Waals surface area contributed by atoms with Crippen molar-refractivity contribution < 1.29 is 29.7 Å². The lowest BCUT2D eigenvalue weighted by molar-refractivity contribution is -0.211. The highest BCUT2D eigenvalue weighted by Crippen LogP contribution is 2.50. The van der Waals surface area contributed by atoms with Gasteiger partial charge in [-0.15, -0.1) is 0 Å². The molecule has 0 aliphatic carbocycles. The number of hydrogen-bond acceptors (Lipinski definition) is 7. The highest BCUT2D eigenvalue weighted by molar-refractivity contribution is 5.80. The number of hydrogen-bond donors (Lipinski definition) is 4. The number of nitrogens with one attached hydrogen (secondary N) is 1. The molecule has 1 heterocycles. The molecule has 2 aromatic carbocycles. The van der Waals surface area contributed by atoms with E-state index in [0.29, 0.717) is 0 Å². The summed E-state index contributed by atoms with van der Waals surface area (Å²) < 4.78 is 5.41. The van der Waals surface area contributed by atoms with Gasteiger partial charge in [-0.25, -0.2) is 10.3 Å². The van der Waals surface area contributed by atoms with E-state index in [4.69, 9.17) is 9.57 Å². The van der Waals surface area contributed by atoms with E-state index < -0.39 is 17.4 Å². The van der Waals surface area contributed by atoms with Crippen LogP contribution in [-0.4, -0.2) is 21.2 Å². The van der Waals surface area contributed by atoms with Crippen LogP contribution in [0.5, 0.6) is 17.2 Å². The fraction of sp³-hybridized carbons (Fsp3) is 0.111. The molecular weight excluding hydrogens is 340 g/mol. The van der Waals surface area contributed by atoms with Crippen LogP contribution in [0.1, 0.15) is 23.6 Å². The highest BCUT2D eigenvalue weighted by Gasteiger charge is 2.46. The summed E-state index contributed by atoms with van der Waals surface area (Å²) in [6.45, 7) is 1.17. The summed E-state index contributed by atoms with van der Waals surface area (Å²) in [5.41, 5.74) is 2.28. The van der Waals surface area contributed by atoms with E-state index in [-0.39, 0.29) is 33.8 Å². The van der Waals surface area contributed by atoms with Crippen molar-refractivity contribution in [3.05, 3.63) is 59.4 Å². The second-order valence-corrected chi connectivity index (χ2v) is 5.55. The molecule has 1 aliphatic rings. The van der Waals surface area contributed by atoms with E-state index in [2.05, 4.69) is 0 Å². The van der Waals surface area contributed by atoms with E-state index in [1.165, 1.54) is 19.1 Å². The Labute approximate surface area is 148 Å². The number of aliphatic hydroxyl groups is 1. The molecule has 0 aromatic heterocycles. The summed E-state index contributed by atoms with van der Waals surface area (Å²) in [6, 6.07) is 10.5. The maximum absolute atomic E-state index is 11.3. The molecule has 0 spiro atoms. The van der Waals surface area contributed by atoms with Crippen LogP contribution in [-0.2, 0) is 15.4 Å². The van der Waals surface area contributed by atoms with Crippen molar-refractivity contribution in [3.63, 3.8) is 0 Å². The lowest BCUT2D eigenvalue weighted by Crippen LogP contribution is -2.40. The summed E-state index contributed by atoms with van der Waals surface area (Å²) in [4.78, 5) is 16.5. The Kier molecular flexibility index (Phi) is 4.26. The monoisotopic (exact) mass is 354 g/mol. The molecule has 26 heavy (non-hydrogen) atoms. The van der Waals surface area contributed by atoms with E-state index in [1.807, 2.05) is 11.5 Å². The Morgan fingerprint density at radius 1 is 1.31 bits per heavy atom. The maximum atomic E-state index is 11.3. The second kappa shape index (κ2) is 6.40. The van der Waals surface area contributed by atoms with Gasteiger partial charge >= 0.3 is 0 Å². The number of ether oxygens (including phenoxy) is 1. The molecule has 0 radical (unpaired) electrons. The molecule has 1 aliphatic heterocycles. The lowest BCUT2D eigenvalue weighted by atomic mass is 9.88. The molecule has 0 saturated heterocycles. The van der Waals surface area contributed by atoms with Gasteiger partial charge in [0, 0.05) is 24.6 Å². The third-order valence-electron chi connectivity index (χ3n) is 3.75.